The highest BCUT2D eigenvalue weighted by Gasteiger charge is 2.40. The molecular formula is C17H13BrN2O4. The number of amides is 1. The van der Waals surface area contributed by atoms with Crippen LogP contribution in [0.5, 0.6) is 0 Å². The Hall–Kier alpha value is -2.67. The second kappa shape index (κ2) is 6.09. The monoisotopic (exact) mass is 388 g/mol. The van der Waals surface area contributed by atoms with Crippen molar-refractivity contribution in [1.82, 2.24) is 0 Å². The van der Waals surface area contributed by atoms with Crippen LogP contribution in [0, 0.1) is 0 Å². The molecule has 1 aliphatic heterocycles. The molecule has 0 saturated heterocycles. The summed E-state index contributed by atoms with van der Waals surface area (Å²) in [5.41, 5.74) is 1.22. The first-order valence-electron chi connectivity index (χ1n) is 7.12. The van der Waals surface area contributed by atoms with Crippen molar-refractivity contribution in [2.24, 2.45) is 0 Å². The van der Waals surface area contributed by atoms with Gasteiger partial charge in [-0.05, 0) is 30.3 Å². The minimum Gasteiger partial charge on any atom is -0.478 e. The number of anilines is 2. The fraction of sp³-hybridized carbons (Fsp3) is 0.118. The van der Waals surface area contributed by atoms with Crippen LogP contribution in [0.4, 0.5) is 11.4 Å². The first-order valence-corrected chi connectivity index (χ1v) is 7.92. The molecule has 1 unspecified atom stereocenters. The Balaban J connectivity index is 2.04. The van der Waals surface area contributed by atoms with Gasteiger partial charge in [0, 0.05) is 17.0 Å². The lowest BCUT2D eigenvalue weighted by atomic mass is 10.1. The van der Waals surface area contributed by atoms with Gasteiger partial charge in [0.15, 0.2) is 6.17 Å². The summed E-state index contributed by atoms with van der Waals surface area (Å²) in [7, 11) is 0. The number of carbonyl (C=O) groups excluding carboxylic acids is 2. The Morgan fingerprint density at radius 1 is 1.21 bits per heavy atom. The van der Waals surface area contributed by atoms with Crippen LogP contribution in [0.3, 0.4) is 0 Å². The van der Waals surface area contributed by atoms with Crippen LogP contribution < -0.4 is 10.2 Å². The van der Waals surface area contributed by atoms with Gasteiger partial charge in [0.05, 0.1) is 16.9 Å². The zero-order chi connectivity index (χ0) is 17.4. The third-order valence-corrected chi connectivity index (χ3v) is 4.27. The number of ketones is 1. The molecule has 2 aromatic carbocycles. The van der Waals surface area contributed by atoms with E-state index in [1.54, 1.807) is 36.4 Å². The Morgan fingerprint density at radius 3 is 2.58 bits per heavy atom. The van der Waals surface area contributed by atoms with Crippen LogP contribution in [0.1, 0.15) is 27.6 Å². The van der Waals surface area contributed by atoms with Gasteiger partial charge in [0.2, 0.25) is 11.7 Å². The molecule has 24 heavy (non-hydrogen) atoms. The second-order valence-electron chi connectivity index (χ2n) is 5.31. The predicted molar refractivity (Wildman–Crippen MR) is 92.4 cm³/mol. The van der Waals surface area contributed by atoms with Gasteiger partial charge in [-0.25, -0.2) is 4.79 Å². The molecule has 0 aliphatic carbocycles. The van der Waals surface area contributed by atoms with E-state index in [1.807, 2.05) is 0 Å². The average molecular weight is 389 g/mol. The number of fused-ring (bicyclic) bond motifs is 1. The topological polar surface area (TPSA) is 86.7 Å². The number of hydrogen-bond acceptors (Lipinski definition) is 4. The van der Waals surface area contributed by atoms with Gasteiger partial charge in [-0.2, -0.15) is 0 Å². The molecule has 122 valence electrons. The van der Waals surface area contributed by atoms with Crippen molar-refractivity contribution in [3.8, 4) is 0 Å². The smallest absolute Gasteiger partial charge is 0.337 e. The molecule has 7 heteroatoms. The highest BCUT2D eigenvalue weighted by Crippen LogP contribution is 2.35. The van der Waals surface area contributed by atoms with Crippen LogP contribution in [0.25, 0.3) is 0 Å². The summed E-state index contributed by atoms with van der Waals surface area (Å²) >= 11 is 3.31. The maximum Gasteiger partial charge on any atom is 0.337 e. The molecule has 0 spiro atoms. The molecule has 0 radical (unpaired) electrons. The fourth-order valence-corrected chi connectivity index (χ4v) is 3.10. The predicted octanol–water partition coefficient (Wildman–Crippen LogP) is 3.13. The number of halogens is 1. The number of carboxylic acid groups (broad SMARTS) is 1. The van der Waals surface area contributed by atoms with Crippen LogP contribution in [-0.2, 0) is 4.79 Å². The number of Topliss-reactive ketones (excluding diaryl/α,β-unsaturated/α-hetero) is 1. The number of carboxylic acids is 1. The molecule has 0 saturated carbocycles. The number of rotatable bonds is 3. The van der Waals surface area contributed by atoms with E-state index in [1.165, 1.54) is 17.9 Å². The van der Waals surface area contributed by atoms with Crippen LogP contribution in [0.2, 0.25) is 0 Å². The normalized spacial score (nSPS) is 16.0. The van der Waals surface area contributed by atoms with Gasteiger partial charge in [-0.3, -0.25) is 14.5 Å². The molecule has 0 aromatic heterocycles. The van der Waals surface area contributed by atoms with Crippen molar-refractivity contribution >= 4 is 45.0 Å². The lowest BCUT2D eigenvalue weighted by Crippen LogP contribution is -2.44. The molecule has 1 atom stereocenters. The molecule has 2 aromatic rings. The van der Waals surface area contributed by atoms with E-state index < -0.39 is 12.1 Å². The number of nitrogens with one attached hydrogen (secondary N) is 1. The summed E-state index contributed by atoms with van der Waals surface area (Å²) in [5, 5.41) is 12.2. The Labute approximate surface area is 146 Å². The standard InChI is InChI=1S/C17H13BrN2O4/c1-9(21)20-14-7-6-10(18)8-12(14)15(22)16(20)19-13-5-3-2-4-11(13)17(23)24/h2-8,16,19H,1H3,(H,23,24). The van der Waals surface area contributed by atoms with E-state index in [2.05, 4.69) is 21.2 Å². The van der Waals surface area contributed by atoms with Crippen molar-refractivity contribution < 1.29 is 19.5 Å². The maximum atomic E-state index is 12.7. The van der Waals surface area contributed by atoms with E-state index in [-0.39, 0.29) is 22.9 Å². The zero-order valence-corrected chi connectivity index (χ0v) is 14.2. The molecule has 1 amide bonds. The van der Waals surface area contributed by atoms with E-state index in [0.717, 1.165) is 4.47 Å². The van der Waals surface area contributed by atoms with Gasteiger partial charge in [-0.15, -0.1) is 0 Å². The molecular weight excluding hydrogens is 376 g/mol. The quantitative estimate of drug-likeness (QED) is 0.843. The number of para-hydroxylation sites is 1. The highest BCUT2D eigenvalue weighted by atomic mass is 79.9. The minimum atomic E-state index is -1.11. The molecule has 2 N–H and O–H groups in total. The van der Waals surface area contributed by atoms with Crippen LogP contribution in [0.15, 0.2) is 46.9 Å². The van der Waals surface area contributed by atoms with Crippen molar-refractivity contribution in [2.45, 2.75) is 13.1 Å². The number of benzene rings is 2. The van der Waals surface area contributed by atoms with Gasteiger partial charge in [0.1, 0.15) is 0 Å². The summed E-state index contributed by atoms with van der Waals surface area (Å²) in [5.74, 6) is -1.71. The largest absolute Gasteiger partial charge is 0.478 e. The van der Waals surface area contributed by atoms with Gasteiger partial charge in [-0.1, -0.05) is 28.1 Å². The molecule has 0 fully saturated rings. The van der Waals surface area contributed by atoms with Crippen molar-refractivity contribution in [2.75, 3.05) is 10.2 Å². The Bertz CT molecular complexity index is 865. The summed E-state index contributed by atoms with van der Waals surface area (Å²) in [6, 6.07) is 11.3. The van der Waals surface area contributed by atoms with Crippen LogP contribution in [-0.4, -0.2) is 28.9 Å². The lowest BCUT2D eigenvalue weighted by molar-refractivity contribution is -0.116. The molecule has 6 nitrogen and oxygen atoms in total. The Morgan fingerprint density at radius 2 is 1.92 bits per heavy atom. The first kappa shape index (κ1) is 16.2. The molecule has 1 aliphatic rings. The number of carbonyl (C=O) groups is 3. The van der Waals surface area contributed by atoms with Crippen molar-refractivity contribution in [3.05, 3.63) is 58.1 Å². The third-order valence-electron chi connectivity index (χ3n) is 3.78. The molecule has 1 heterocycles. The minimum absolute atomic E-state index is 0.0333. The Kier molecular flexibility index (Phi) is 4.11. The third kappa shape index (κ3) is 2.67. The van der Waals surface area contributed by atoms with E-state index in [4.69, 9.17) is 0 Å². The van der Waals surface area contributed by atoms with Crippen molar-refractivity contribution in [1.29, 1.82) is 0 Å². The number of aromatic carboxylic acids is 1. The average Bonchev–Trinajstić information content (AvgIpc) is 2.80. The number of hydrogen-bond donors (Lipinski definition) is 2. The van der Waals surface area contributed by atoms with Gasteiger partial charge in [0.25, 0.3) is 0 Å². The highest BCUT2D eigenvalue weighted by molar-refractivity contribution is 9.10. The summed E-state index contributed by atoms with van der Waals surface area (Å²) in [6.45, 7) is 1.36. The maximum absolute atomic E-state index is 12.7. The van der Waals surface area contributed by atoms with Crippen molar-refractivity contribution in [3.63, 3.8) is 0 Å². The second-order valence-corrected chi connectivity index (χ2v) is 6.23. The number of nitrogens with zero attached hydrogens (tertiary/aromatic N) is 1. The van der Waals surface area contributed by atoms with E-state index in [9.17, 15) is 19.5 Å². The van der Waals surface area contributed by atoms with E-state index >= 15 is 0 Å². The van der Waals surface area contributed by atoms with E-state index in [0.29, 0.717) is 11.3 Å². The lowest BCUT2D eigenvalue weighted by Gasteiger charge is -2.25. The summed E-state index contributed by atoms with van der Waals surface area (Å²) in [4.78, 5) is 37.5. The van der Waals surface area contributed by atoms with Gasteiger partial charge < -0.3 is 10.4 Å². The fourth-order valence-electron chi connectivity index (χ4n) is 2.74. The van der Waals surface area contributed by atoms with Crippen LogP contribution >= 0.6 is 15.9 Å². The van der Waals surface area contributed by atoms with Gasteiger partial charge >= 0.3 is 5.97 Å². The zero-order valence-electron chi connectivity index (χ0n) is 12.6. The SMILES string of the molecule is CC(=O)N1c2ccc(Br)cc2C(=O)C1Nc1ccccc1C(=O)O. The molecule has 0 bridgehead atoms. The molecule has 3 rings (SSSR count). The summed E-state index contributed by atoms with van der Waals surface area (Å²) < 4.78 is 0.727. The first-order chi connectivity index (χ1) is 11.4. The summed E-state index contributed by atoms with van der Waals surface area (Å²) in [6.07, 6.45) is -0.979.